The van der Waals surface area contributed by atoms with Gasteiger partial charge in [0.05, 0.1) is 0 Å². The van der Waals surface area contributed by atoms with Crippen molar-refractivity contribution in [3.8, 4) is 0 Å². The minimum absolute atomic E-state index is 0. The second kappa shape index (κ2) is 8.62. The molecule has 0 amide bonds. The summed E-state index contributed by atoms with van der Waals surface area (Å²) in [7, 11) is 0. The van der Waals surface area contributed by atoms with Crippen LogP contribution in [0.25, 0.3) is 0 Å². The number of hydrogen-bond donors (Lipinski definition) is 2. The largest absolute Gasteiger partial charge is 0.316 e. The number of aromatic nitrogens is 3. The molecule has 1 unspecified atom stereocenters. The van der Waals surface area contributed by atoms with Crippen LogP contribution >= 0.6 is 36.2 Å². The van der Waals surface area contributed by atoms with Crippen LogP contribution in [0.4, 0.5) is 10.9 Å². The Morgan fingerprint density at radius 1 is 1.27 bits per heavy atom. The standard InChI is InChI=1S/C14H19N5S.2ClH/c1-9-6-12(19-14-16-7-10(2)20-14)18-13(17-9)11-4-3-5-15-8-11;;/h6-7,11,15H,3-5,8H2,1-2H3,(H,16,17,18,19);2*1H. The lowest BCUT2D eigenvalue weighted by atomic mass is 9.99. The maximum atomic E-state index is 4.67. The Labute approximate surface area is 147 Å². The van der Waals surface area contributed by atoms with Gasteiger partial charge in [-0.1, -0.05) is 0 Å². The van der Waals surface area contributed by atoms with E-state index in [0.29, 0.717) is 5.92 Å². The van der Waals surface area contributed by atoms with Gasteiger partial charge in [-0.2, -0.15) is 0 Å². The Kier molecular flexibility index (Phi) is 7.48. The van der Waals surface area contributed by atoms with E-state index < -0.39 is 0 Å². The number of nitrogens with zero attached hydrogens (tertiary/aromatic N) is 3. The summed E-state index contributed by atoms with van der Waals surface area (Å²) in [6, 6.07) is 1.97. The minimum atomic E-state index is 0. The molecule has 3 rings (SSSR count). The van der Waals surface area contributed by atoms with Crippen LogP contribution < -0.4 is 10.6 Å². The highest BCUT2D eigenvalue weighted by Gasteiger charge is 2.18. The van der Waals surface area contributed by atoms with E-state index in [1.54, 1.807) is 11.3 Å². The predicted molar refractivity (Wildman–Crippen MR) is 96.2 cm³/mol. The number of halogens is 2. The van der Waals surface area contributed by atoms with Crippen LogP contribution in [-0.2, 0) is 0 Å². The molecule has 0 aromatic carbocycles. The summed E-state index contributed by atoms with van der Waals surface area (Å²) in [4.78, 5) is 14.8. The second-order valence-corrected chi connectivity index (χ2v) is 6.43. The number of nitrogens with one attached hydrogen (secondary N) is 2. The van der Waals surface area contributed by atoms with E-state index in [-0.39, 0.29) is 24.8 Å². The van der Waals surface area contributed by atoms with Gasteiger partial charge >= 0.3 is 0 Å². The average Bonchev–Trinajstić information content (AvgIpc) is 2.84. The van der Waals surface area contributed by atoms with Crippen molar-refractivity contribution in [3.63, 3.8) is 0 Å². The lowest BCUT2D eigenvalue weighted by Crippen LogP contribution is -2.29. The van der Waals surface area contributed by atoms with Gasteiger partial charge in [-0.3, -0.25) is 0 Å². The summed E-state index contributed by atoms with van der Waals surface area (Å²) in [5, 5.41) is 7.58. The van der Waals surface area contributed by atoms with Crippen LogP contribution in [0.3, 0.4) is 0 Å². The van der Waals surface area contributed by atoms with Gasteiger partial charge in [0.1, 0.15) is 11.6 Å². The molecule has 1 aliphatic rings. The Balaban J connectivity index is 0.00000121. The first-order valence-corrected chi connectivity index (χ1v) is 7.78. The molecule has 8 heteroatoms. The Morgan fingerprint density at radius 3 is 2.73 bits per heavy atom. The summed E-state index contributed by atoms with van der Waals surface area (Å²) >= 11 is 1.63. The smallest absolute Gasteiger partial charge is 0.188 e. The van der Waals surface area contributed by atoms with E-state index in [0.717, 1.165) is 42.0 Å². The van der Waals surface area contributed by atoms with Crippen LogP contribution in [0.5, 0.6) is 0 Å². The molecule has 122 valence electrons. The Bertz CT molecular complexity index is 599. The monoisotopic (exact) mass is 361 g/mol. The van der Waals surface area contributed by atoms with Crippen LogP contribution in [0.2, 0.25) is 0 Å². The van der Waals surface area contributed by atoms with Crippen LogP contribution in [0.1, 0.15) is 35.2 Å². The molecule has 1 saturated heterocycles. The van der Waals surface area contributed by atoms with Crippen molar-refractivity contribution in [1.82, 2.24) is 20.3 Å². The van der Waals surface area contributed by atoms with Crippen molar-refractivity contribution in [2.24, 2.45) is 0 Å². The zero-order valence-electron chi connectivity index (χ0n) is 12.6. The first kappa shape index (κ1) is 19.1. The van der Waals surface area contributed by atoms with Gasteiger partial charge in [0, 0.05) is 35.3 Å². The molecule has 2 aromatic rings. The fourth-order valence-electron chi connectivity index (χ4n) is 2.43. The van der Waals surface area contributed by atoms with Crippen LogP contribution in [-0.4, -0.2) is 28.0 Å². The van der Waals surface area contributed by atoms with E-state index in [1.165, 1.54) is 11.3 Å². The normalized spacial score (nSPS) is 17.3. The fourth-order valence-corrected chi connectivity index (χ4v) is 3.10. The summed E-state index contributed by atoms with van der Waals surface area (Å²) < 4.78 is 0. The summed E-state index contributed by atoms with van der Waals surface area (Å²) in [6.07, 6.45) is 4.22. The number of hydrogen-bond acceptors (Lipinski definition) is 6. The summed E-state index contributed by atoms with van der Waals surface area (Å²) in [6.45, 7) is 6.14. The molecule has 1 aliphatic heterocycles. The molecule has 3 heterocycles. The van der Waals surface area contributed by atoms with Crippen LogP contribution in [0.15, 0.2) is 12.3 Å². The first-order valence-electron chi connectivity index (χ1n) is 6.96. The molecular formula is C14H21Cl2N5S. The molecule has 0 spiro atoms. The number of aryl methyl sites for hydroxylation is 2. The predicted octanol–water partition coefficient (Wildman–Crippen LogP) is 3.60. The molecule has 0 saturated carbocycles. The molecule has 1 atom stereocenters. The van der Waals surface area contributed by atoms with Gasteiger partial charge in [-0.25, -0.2) is 15.0 Å². The zero-order chi connectivity index (χ0) is 13.9. The van der Waals surface area contributed by atoms with Crippen molar-refractivity contribution < 1.29 is 0 Å². The third kappa shape index (κ3) is 4.78. The second-order valence-electron chi connectivity index (χ2n) is 5.20. The lowest BCUT2D eigenvalue weighted by molar-refractivity contribution is 0.446. The van der Waals surface area contributed by atoms with Crippen LogP contribution in [0, 0.1) is 13.8 Å². The summed E-state index contributed by atoms with van der Waals surface area (Å²) in [5.74, 6) is 2.20. The maximum Gasteiger partial charge on any atom is 0.188 e. The van der Waals surface area contributed by atoms with Crippen molar-refractivity contribution in [3.05, 3.63) is 28.7 Å². The molecule has 5 nitrogen and oxygen atoms in total. The van der Waals surface area contributed by atoms with Gasteiger partial charge in [0.2, 0.25) is 0 Å². The van der Waals surface area contributed by atoms with Gasteiger partial charge in [0.25, 0.3) is 0 Å². The zero-order valence-corrected chi connectivity index (χ0v) is 15.1. The van der Waals surface area contributed by atoms with E-state index >= 15 is 0 Å². The SMILES string of the molecule is Cc1cc(Nc2ncc(C)s2)nc(C2CCCNC2)n1.Cl.Cl. The van der Waals surface area contributed by atoms with E-state index in [9.17, 15) is 0 Å². The van der Waals surface area contributed by atoms with Crippen molar-refractivity contribution in [1.29, 1.82) is 0 Å². The fraction of sp³-hybridized carbons (Fsp3) is 0.500. The molecule has 0 bridgehead atoms. The highest BCUT2D eigenvalue weighted by Crippen LogP contribution is 2.24. The van der Waals surface area contributed by atoms with Crippen molar-refractivity contribution in [2.45, 2.75) is 32.6 Å². The highest BCUT2D eigenvalue weighted by molar-refractivity contribution is 7.15. The molecular weight excluding hydrogens is 341 g/mol. The van der Waals surface area contributed by atoms with Gasteiger partial charge in [-0.05, 0) is 33.2 Å². The topological polar surface area (TPSA) is 62.7 Å². The molecule has 0 radical (unpaired) electrons. The minimum Gasteiger partial charge on any atom is -0.316 e. The molecule has 0 aliphatic carbocycles. The van der Waals surface area contributed by atoms with Crippen molar-refractivity contribution >= 4 is 47.1 Å². The van der Waals surface area contributed by atoms with Gasteiger partial charge in [0.15, 0.2) is 5.13 Å². The molecule has 1 fully saturated rings. The quantitative estimate of drug-likeness (QED) is 0.874. The Hall–Kier alpha value is -0.950. The first-order chi connectivity index (χ1) is 9.70. The third-order valence-electron chi connectivity index (χ3n) is 3.39. The lowest BCUT2D eigenvalue weighted by Gasteiger charge is -2.22. The van der Waals surface area contributed by atoms with Gasteiger partial charge < -0.3 is 10.6 Å². The number of rotatable bonds is 3. The molecule has 2 N–H and O–H groups in total. The average molecular weight is 362 g/mol. The molecule has 2 aromatic heterocycles. The highest BCUT2D eigenvalue weighted by atomic mass is 35.5. The van der Waals surface area contributed by atoms with E-state index in [2.05, 4.69) is 25.6 Å². The number of thiazole rings is 1. The third-order valence-corrected chi connectivity index (χ3v) is 4.22. The maximum absolute atomic E-state index is 4.67. The number of anilines is 2. The molecule has 22 heavy (non-hydrogen) atoms. The van der Waals surface area contributed by atoms with Gasteiger partial charge in [-0.15, -0.1) is 36.2 Å². The van der Waals surface area contributed by atoms with E-state index in [4.69, 9.17) is 0 Å². The van der Waals surface area contributed by atoms with Crippen molar-refractivity contribution in [2.75, 3.05) is 18.4 Å². The Morgan fingerprint density at radius 2 is 2.09 bits per heavy atom. The number of piperidine rings is 1. The van der Waals surface area contributed by atoms with E-state index in [1.807, 2.05) is 26.1 Å². The summed E-state index contributed by atoms with van der Waals surface area (Å²) in [5.41, 5.74) is 0.997.